The SMILES string of the molecule is O=C(C=Cc1ccc(O)c(O)c1)OC1[C@H](O)CC(OC(=O)C=Cc2ccc(O)c(O)c2)(C(=O)O)C[C@H]1O. The number of hydrogen-bond acceptors (Lipinski definition) is 11. The third kappa shape index (κ3) is 6.57. The molecule has 0 heterocycles. The second kappa shape index (κ2) is 11.0. The molecule has 1 fully saturated rings. The molecule has 196 valence electrons. The summed E-state index contributed by atoms with van der Waals surface area (Å²) in [5, 5.41) is 68.3. The quantitative estimate of drug-likeness (QED) is 0.156. The number of ether oxygens (including phenoxy) is 2. The monoisotopic (exact) mass is 516 g/mol. The normalized spacial score (nSPS) is 23.7. The molecule has 1 aliphatic carbocycles. The number of carboxylic acids is 1. The number of aromatic hydroxyl groups is 4. The summed E-state index contributed by atoms with van der Waals surface area (Å²) in [6, 6.07) is 7.48. The van der Waals surface area contributed by atoms with Gasteiger partial charge in [-0.1, -0.05) is 12.1 Å². The largest absolute Gasteiger partial charge is 0.504 e. The average Bonchev–Trinajstić information content (AvgIpc) is 2.83. The van der Waals surface area contributed by atoms with E-state index in [1.807, 2.05) is 0 Å². The Hall–Kier alpha value is -4.55. The van der Waals surface area contributed by atoms with Crippen LogP contribution in [0.25, 0.3) is 12.2 Å². The molecule has 0 unspecified atom stereocenters. The maximum atomic E-state index is 12.3. The number of aliphatic carboxylic acids is 1. The highest BCUT2D eigenvalue weighted by molar-refractivity contribution is 5.91. The molecule has 3 rings (SSSR count). The summed E-state index contributed by atoms with van der Waals surface area (Å²) in [7, 11) is 0. The van der Waals surface area contributed by atoms with E-state index in [1.54, 1.807) is 0 Å². The van der Waals surface area contributed by atoms with Crippen molar-refractivity contribution in [3.8, 4) is 23.0 Å². The fourth-order valence-electron chi connectivity index (χ4n) is 3.72. The summed E-state index contributed by atoms with van der Waals surface area (Å²) in [5.74, 6) is -5.32. The Kier molecular flexibility index (Phi) is 8.05. The lowest BCUT2D eigenvalue weighted by molar-refractivity contribution is -0.207. The van der Waals surface area contributed by atoms with Crippen LogP contribution in [0.15, 0.2) is 48.6 Å². The lowest BCUT2D eigenvalue weighted by atomic mass is 9.79. The molecular formula is C25H24O12. The van der Waals surface area contributed by atoms with Crippen LogP contribution in [0.3, 0.4) is 0 Å². The first kappa shape index (κ1) is 27.0. The second-order valence-electron chi connectivity index (χ2n) is 8.33. The topological polar surface area (TPSA) is 211 Å². The highest BCUT2D eigenvalue weighted by atomic mass is 16.6. The minimum absolute atomic E-state index is 0.294. The molecule has 2 aromatic carbocycles. The summed E-state index contributed by atoms with van der Waals surface area (Å²) >= 11 is 0. The van der Waals surface area contributed by atoms with Gasteiger partial charge < -0.3 is 45.2 Å². The van der Waals surface area contributed by atoms with Gasteiger partial charge in [0.1, 0.15) is 0 Å². The van der Waals surface area contributed by atoms with E-state index in [0.29, 0.717) is 11.1 Å². The number of phenolic OH excluding ortho intramolecular Hbond substituents is 4. The Bertz CT molecular complexity index is 1240. The van der Waals surface area contributed by atoms with E-state index >= 15 is 0 Å². The maximum Gasteiger partial charge on any atom is 0.348 e. The van der Waals surface area contributed by atoms with Crippen LogP contribution in [-0.4, -0.2) is 77.6 Å². The zero-order valence-electron chi connectivity index (χ0n) is 19.1. The smallest absolute Gasteiger partial charge is 0.348 e. The molecule has 0 aromatic heterocycles. The first-order valence-corrected chi connectivity index (χ1v) is 10.8. The zero-order chi connectivity index (χ0) is 27.3. The van der Waals surface area contributed by atoms with Crippen molar-refractivity contribution in [2.24, 2.45) is 0 Å². The van der Waals surface area contributed by atoms with Crippen molar-refractivity contribution in [1.82, 2.24) is 0 Å². The number of aliphatic hydroxyl groups is 2. The Morgan fingerprint density at radius 3 is 1.65 bits per heavy atom. The van der Waals surface area contributed by atoms with Gasteiger partial charge in [0.2, 0.25) is 5.60 Å². The molecule has 2 atom stereocenters. The molecule has 0 saturated heterocycles. The number of carbonyl (C=O) groups excluding carboxylic acids is 2. The van der Waals surface area contributed by atoms with E-state index in [4.69, 9.17) is 9.47 Å². The predicted octanol–water partition coefficient (Wildman–Crippen LogP) is 1.03. The summed E-state index contributed by atoms with van der Waals surface area (Å²) < 4.78 is 10.1. The summed E-state index contributed by atoms with van der Waals surface area (Å²) in [6.07, 6.45) is -2.07. The van der Waals surface area contributed by atoms with Crippen LogP contribution in [0, 0.1) is 0 Å². The van der Waals surface area contributed by atoms with Gasteiger partial charge in [0.25, 0.3) is 0 Å². The first-order valence-electron chi connectivity index (χ1n) is 10.8. The van der Waals surface area contributed by atoms with Crippen LogP contribution >= 0.6 is 0 Å². The molecule has 0 spiro atoms. The van der Waals surface area contributed by atoms with Crippen LogP contribution in [0.1, 0.15) is 24.0 Å². The minimum Gasteiger partial charge on any atom is -0.504 e. The highest BCUT2D eigenvalue weighted by Gasteiger charge is 2.54. The van der Waals surface area contributed by atoms with Gasteiger partial charge >= 0.3 is 17.9 Å². The first-order chi connectivity index (χ1) is 17.4. The van der Waals surface area contributed by atoms with Crippen molar-refractivity contribution in [3.05, 3.63) is 59.7 Å². The van der Waals surface area contributed by atoms with Crippen LogP contribution in [0.5, 0.6) is 23.0 Å². The van der Waals surface area contributed by atoms with Crippen molar-refractivity contribution < 1.29 is 59.6 Å². The fraction of sp³-hybridized carbons (Fsp3) is 0.240. The van der Waals surface area contributed by atoms with E-state index in [9.17, 15) is 50.1 Å². The van der Waals surface area contributed by atoms with Crippen LogP contribution in [0.4, 0.5) is 0 Å². The number of aliphatic hydroxyl groups excluding tert-OH is 2. The number of carbonyl (C=O) groups is 3. The van der Waals surface area contributed by atoms with Crippen molar-refractivity contribution in [1.29, 1.82) is 0 Å². The van der Waals surface area contributed by atoms with Crippen molar-refractivity contribution in [3.63, 3.8) is 0 Å². The van der Waals surface area contributed by atoms with Gasteiger partial charge in [-0.05, 0) is 47.5 Å². The van der Waals surface area contributed by atoms with Crippen LogP contribution in [-0.2, 0) is 23.9 Å². The standard InChI is InChI=1S/C25H24O12/c26-15-5-1-13(9-17(15)28)3-7-21(32)36-23-19(30)11-25(24(34)35,12-20(23)31)37-22(33)8-4-14-2-6-16(27)18(29)10-14/h1-10,19-20,23,26-31H,11-12H2,(H,34,35)/t19-,20-,23?,25?/m1/s1. The summed E-state index contributed by atoms with van der Waals surface area (Å²) in [6.45, 7) is 0. The molecule has 0 amide bonds. The maximum absolute atomic E-state index is 12.3. The van der Waals surface area contributed by atoms with Gasteiger partial charge in [0, 0.05) is 25.0 Å². The van der Waals surface area contributed by atoms with Crippen molar-refractivity contribution in [2.75, 3.05) is 0 Å². The molecule has 12 nitrogen and oxygen atoms in total. The van der Waals surface area contributed by atoms with Crippen LogP contribution in [0.2, 0.25) is 0 Å². The average molecular weight is 516 g/mol. The number of benzene rings is 2. The van der Waals surface area contributed by atoms with E-state index in [1.165, 1.54) is 42.5 Å². The molecule has 0 radical (unpaired) electrons. The van der Waals surface area contributed by atoms with Gasteiger partial charge in [-0.25, -0.2) is 14.4 Å². The Morgan fingerprint density at radius 2 is 1.22 bits per heavy atom. The van der Waals surface area contributed by atoms with Gasteiger partial charge in [-0.2, -0.15) is 0 Å². The van der Waals surface area contributed by atoms with E-state index < -0.39 is 66.2 Å². The number of hydrogen-bond donors (Lipinski definition) is 7. The zero-order valence-corrected chi connectivity index (χ0v) is 19.1. The Morgan fingerprint density at radius 1 is 0.757 bits per heavy atom. The predicted molar refractivity (Wildman–Crippen MR) is 125 cm³/mol. The number of rotatable bonds is 7. The van der Waals surface area contributed by atoms with Gasteiger partial charge in [0.05, 0.1) is 12.2 Å². The molecule has 12 heteroatoms. The third-order valence-corrected chi connectivity index (χ3v) is 5.60. The highest BCUT2D eigenvalue weighted by Crippen LogP contribution is 2.35. The number of esters is 2. The fourth-order valence-corrected chi connectivity index (χ4v) is 3.72. The second-order valence-corrected chi connectivity index (χ2v) is 8.33. The molecule has 2 aromatic rings. The minimum atomic E-state index is -2.32. The molecule has 7 N–H and O–H groups in total. The van der Waals surface area contributed by atoms with Gasteiger partial charge in [-0.15, -0.1) is 0 Å². The number of phenols is 4. The van der Waals surface area contributed by atoms with E-state index in [2.05, 4.69) is 0 Å². The third-order valence-electron chi connectivity index (χ3n) is 5.60. The van der Waals surface area contributed by atoms with Gasteiger partial charge in [-0.3, -0.25) is 0 Å². The molecule has 37 heavy (non-hydrogen) atoms. The van der Waals surface area contributed by atoms with Gasteiger partial charge in [0.15, 0.2) is 29.1 Å². The molecule has 1 saturated carbocycles. The molecular weight excluding hydrogens is 492 g/mol. The van der Waals surface area contributed by atoms with E-state index in [-0.39, 0.29) is 11.5 Å². The van der Waals surface area contributed by atoms with E-state index in [0.717, 1.165) is 18.2 Å². The van der Waals surface area contributed by atoms with Crippen LogP contribution < -0.4 is 0 Å². The summed E-state index contributed by atoms with van der Waals surface area (Å²) in [5.41, 5.74) is -1.69. The molecule has 0 bridgehead atoms. The molecule has 0 aliphatic heterocycles. The lowest BCUT2D eigenvalue weighted by Crippen LogP contribution is -2.58. The summed E-state index contributed by atoms with van der Waals surface area (Å²) in [4.78, 5) is 36.4. The Balaban J connectivity index is 1.66. The molecule has 1 aliphatic rings. The van der Waals surface area contributed by atoms with Crippen molar-refractivity contribution >= 4 is 30.1 Å². The van der Waals surface area contributed by atoms with Crippen molar-refractivity contribution in [2.45, 2.75) is 36.8 Å². The number of carboxylic acid groups (broad SMARTS) is 1. The Labute approximate surface area is 209 Å². The lowest BCUT2D eigenvalue weighted by Gasteiger charge is -2.41.